The van der Waals surface area contributed by atoms with E-state index in [0.717, 1.165) is 11.1 Å². The van der Waals surface area contributed by atoms with Crippen LogP contribution < -0.4 is 4.84 Å². The van der Waals surface area contributed by atoms with Crippen molar-refractivity contribution in [2.45, 2.75) is 0 Å². The molecule has 0 amide bonds. The average molecular weight is 489 g/mol. The second-order valence-electron chi connectivity index (χ2n) is 5.20. The zero-order valence-electron chi connectivity index (χ0n) is 17.9. The van der Waals surface area contributed by atoms with Gasteiger partial charge in [0.2, 0.25) is 0 Å². The van der Waals surface area contributed by atoms with E-state index in [1.54, 1.807) is 24.3 Å². The molecule has 0 aliphatic rings. The molecule has 178 valence electrons. The second-order valence-corrected chi connectivity index (χ2v) is 5.20. The fourth-order valence-electron chi connectivity index (χ4n) is 1.85. The predicted octanol–water partition coefficient (Wildman–Crippen LogP) is 6.91. The third-order valence-corrected chi connectivity index (χ3v) is 3.15. The van der Waals surface area contributed by atoms with E-state index in [1.165, 1.54) is 7.05 Å². The average Bonchev–Trinajstić information content (AvgIpc) is 2.92. The van der Waals surface area contributed by atoms with Crippen molar-refractivity contribution in [3.05, 3.63) is 54.1 Å². The lowest BCUT2D eigenvalue weighted by molar-refractivity contribution is 0.304. The fraction of sp³-hybridized carbons (Fsp3) is 0.0714. The Morgan fingerprint density at radius 3 is 1.25 bits per heavy atom. The van der Waals surface area contributed by atoms with E-state index in [4.69, 9.17) is 10.1 Å². The minimum absolute atomic E-state index is 0.414. The lowest BCUT2D eigenvalue weighted by Gasteiger charge is -2.02. The number of rotatable bonds is 12. The summed E-state index contributed by atoms with van der Waals surface area (Å²) in [5.74, 6) is 0.414. The van der Waals surface area contributed by atoms with Gasteiger partial charge < -0.3 is 4.84 Å². The summed E-state index contributed by atoms with van der Waals surface area (Å²) in [6, 6.07) is 16.2. The molecule has 0 aliphatic heterocycles. The van der Waals surface area contributed by atoms with Crippen LogP contribution in [0.2, 0.25) is 0 Å². The second kappa shape index (κ2) is 17.3. The molecule has 2 rings (SSSR count). The Morgan fingerprint density at radius 2 is 0.861 bits per heavy atom. The summed E-state index contributed by atoms with van der Waals surface area (Å²) in [6.45, 7) is 0. The van der Waals surface area contributed by atoms with Crippen LogP contribution >= 0.6 is 0 Å². The molecule has 0 aromatic heterocycles. The quantitative estimate of drug-likeness (QED) is 0.227. The molecular formula is C14H11N21O. The van der Waals surface area contributed by atoms with Gasteiger partial charge in [0.1, 0.15) is 0 Å². The topological polar surface area (TPSA) is 280 Å². The van der Waals surface area contributed by atoms with E-state index in [1.807, 2.05) is 24.3 Å². The third-order valence-electron chi connectivity index (χ3n) is 3.15. The van der Waals surface area contributed by atoms with Crippen LogP contribution in [0.3, 0.4) is 0 Å². The van der Waals surface area contributed by atoms with Crippen LogP contribution in [0.5, 0.6) is 5.75 Å². The molecule has 0 fully saturated rings. The van der Waals surface area contributed by atoms with Crippen molar-refractivity contribution < 1.29 is 4.84 Å². The van der Waals surface area contributed by atoms with E-state index in [-0.39, 0.29) is 0 Å². The van der Waals surface area contributed by atoms with Gasteiger partial charge >= 0.3 is 0 Å². The van der Waals surface area contributed by atoms with Gasteiger partial charge in [0.05, 0.1) is 24.0 Å². The van der Waals surface area contributed by atoms with Crippen molar-refractivity contribution in [1.29, 1.82) is 5.26 Å². The van der Waals surface area contributed by atoms with Gasteiger partial charge in [0, 0.05) is 52.2 Å². The number of benzene rings is 2. The number of nitrogens with zero attached hydrogens (tertiary/aromatic N) is 21. The van der Waals surface area contributed by atoms with Crippen LogP contribution in [0.1, 0.15) is 5.56 Å². The molecule has 0 N–H and O–H groups in total. The molecule has 22 heteroatoms. The van der Waals surface area contributed by atoms with Crippen molar-refractivity contribution in [3.63, 3.8) is 0 Å². The normalized spacial score (nSPS) is 13.1. The van der Waals surface area contributed by atoms with Crippen molar-refractivity contribution in [1.82, 2.24) is 0 Å². The lowest BCUT2D eigenvalue weighted by Crippen LogP contribution is -1.82. The Labute approximate surface area is 199 Å². The lowest BCUT2D eigenvalue weighted by atomic mass is 10.0. The smallest absolute Gasteiger partial charge is 0.160 e. The molecule has 36 heavy (non-hydrogen) atoms. The van der Waals surface area contributed by atoms with Crippen molar-refractivity contribution >= 4 is 0 Å². The summed E-state index contributed by atoms with van der Waals surface area (Å²) in [7, 11) is 1.40. The van der Waals surface area contributed by atoms with Gasteiger partial charge in [-0.15, -0.1) is 0 Å². The summed E-state index contributed by atoms with van der Waals surface area (Å²) in [6.07, 6.45) is 0. The summed E-state index contributed by atoms with van der Waals surface area (Å²) >= 11 is 0. The van der Waals surface area contributed by atoms with Gasteiger partial charge in [-0.05, 0) is 77.2 Å². The van der Waals surface area contributed by atoms with Crippen LogP contribution in [-0.4, -0.2) is 7.05 Å². The Kier molecular flexibility index (Phi) is 12.5. The van der Waals surface area contributed by atoms with Crippen LogP contribution in [0.15, 0.2) is 153 Å². The highest BCUT2D eigenvalue weighted by Crippen LogP contribution is 2.22. The largest absolute Gasteiger partial charge is 0.338 e. The molecule has 0 saturated carbocycles. The van der Waals surface area contributed by atoms with Crippen LogP contribution in [0.4, 0.5) is 0 Å². The van der Waals surface area contributed by atoms with Crippen LogP contribution in [0.25, 0.3) is 11.1 Å². The third kappa shape index (κ3) is 11.4. The predicted molar refractivity (Wildman–Crippen MR) is 112 cm³/mol. The molecule has 0 aliphatic carbocycles. The number of nitriles is 1. The minimum atomic E-state index is 0.414. The Balaban J connectivity index is 1.64. The Hall–Kier alpha value is -6.27. The highest BCUT2D eigenvalue weighted by atomic mass is 16.6. The molecule has 0 atom stereocenters. The fourth-order valence-corrected chi connectivity index (χ4v) is 1.85. The number of hydrogen-bond donors (Lipinski definition) is 0. The molecule has 2 aromatic carbocycles. The summed E-state index contributed by atoms with van der Waals surface area (Å²) in [5, 5.41) is 71.1. The zero-order chi connectivity index (χ0) is 25.5. The van der Waals surface area contributed by atoms with E-state index in [2.05, 4.69) is 110 Å². The summed E-state index contributed by atoms with van der Waals surface area (Å²) in [4.78, 5) is 5.03. The Bertz CT molecular complexity index is 1260. The van der Waals surface area contributed by atoms with Crippen molar-refractivity contribution in [3.8, 4) is 22.9 Å². The molecular weight excluding hydrogens is 478 g/mol. The van der Waals surface area contributed by atoms with Crippen molar-refractivity contribution in [2.75, 3.05) is 7.05 Å². The maximum absolute atomic E-state index is 8.84. The minimum Gasteiger partial charge on any atom is -0.338 e. The standard InChI is InChI=1S/C14H11N21O/c1-16-17-18-19-20-21-22-23-24-25-26-27-28-29-30-31-32-33-34-35-36-14-8-6-13(7-9-14)12-4-2-11(10-15)3-5-12/h2-9H,1H3. The first kappa shape index (κ1) is 26.0. The maximum Gasteiger partial charge on any atom is 0.160 e. The van der Waals surface area contributed by atoms with E-state index >= 15 is 0 Å². The summed E-state index contributed by atoms with van der Waals surface area (Å²) in [5.41, 5.74) is 2.47. The van der Waals surface area contributed by atoms with Crippen molar-refractivity contribution in [2.24, 2.45) is 104 Å². The van der Waals surface area contributed by atoms with Crippen LogP contribution in [0, 0.1) is 11.3 Å². The van der Waals surface area contributed by atoms with Gasteiger partial charge in [-0.2, -0.15) is 10.4 Å². The zero-order valence-corrected chi connectivity index (χ0v) is 17.9. The van der Waals surface area contributed by atoms with Gasteiger partial charge in [0.15, 0.2) is 5.75 Å². The SMILES string of the molecule is CN=NN=NN=NN=NN=NN=NN=NN=NN=NN=NOc1ccc(-c2ccc(C#N)cc2)cc1. The molecule has 0 heterocycles. The number of hydrogen-bond acceptors (Lipinski definition) is 4. The molecule has 0 unspecified atom stereocenters. The first-order chi connectivity index (χ1) is 17.8. The molecule has 0 saturated heterocycles. The monoisotopic (exact) mass is 489 g/mol. The highest BCUT2D eigenvalue weighted by Gasteiger charge is 1.99. The van der Waals surface area contributed by atoms with Crippen LogP contribution in [-0.2, 0) is 0 Å². The van der Waals surface area contributed by atoms with Gasteiger partial charge in [-0.3, -0.25) is 0 Å². The highest BCUT2D eigenvalue weighted by molar-refractivity contribution is 5.64. The van der Waals surface area contributed by atoms with Gasteiger partial charge in [0.25, 0.3) is 0 Å². The maximum atomic E-state index is 8.84. The first-order valence-corrected chi connectivity index (χ1v) is 9.00. The van der Waals surface area contributed by atoms with Gasteiger partial charge in [-0.1, -0.05) is 24.3 Å². The van der Waals surface area contributed by atoms with E-state index < -0.39 is 0 Å². The summed E-state index contributed by atoms with van der Waals surface area (Å²) < 4.78 is 0. The molecule has 22 nitrogen and oxygen atoms in total. The molecule has 0 bridgehead atoms. The first-order valence-electron chi connectivity index (χ1n) is 9.00. The Morgan fingerprint density at radius 1 is 0.500 bits per heavy atom. The van der Waals surface area contributed by atoms with Gasteiger partial charge in [-0.25, -0.2) is 0 Å². The molecule has 0 radical (unpaired) electrons. The van der Waals surface area contributed by atoms with E-state index in [9.17, 15) is 0 Å². The molecule has 0 spiro atoms. The van der Waals surface area contributed by atoms with E-state index in [0.29, 0.717) is 11.3 Å². The molecule has 2 aromatic rings.